The lowest BCUT2D eigenvalue weighted by atomic mass is 9.83. The Kier molecular flexibility index (Phi) is 3.08. The van der Waals surface area contributed by atoms with Crippen LogP contribution in [0.15, 0.2) is 34.7 Å². The van der Waals surface area contributed by atoms with E-state index in [9.17, 15) is 5.11 Å². The average Bonchev–Trinajstić information content (AvgIpc) is 2.97. The monoisotopic (exact) mass is 297 g/mol. The summed E-state index contributed by atoms with van der Waals surface area (Å²) in [5.41, 5.74) is 0.504. The first-order valence-corrected chi connectivity index (χ1v) is 7.80. The molecular formula is C18H19NO3. The largest absolute Gasteiger partial charge is 0.495 e. The summed E-state index contributed by atoms with van der Waals surface area (Å²) in [5.74, 6) is 1.37. The van der Waals surface area contributed by atoms with E-state index in [1.807, 2.05) is 30.3 Å². The molecule has 0 unspecified atom stereocenters. The first kappa shape index (κ1) is 13.6. The van der Waals surface area contributed by atoms with E-state index in [1.165, 1.54) is 6.42 Å². The molecule has 4 rings (SSSR count). The third kappa shape index (κ3) is 1.98. The maximum Gasteiger partial charge on any atom is 0.230 e. The molecule has 1 fully saturated rings. The fourth-order valence-electron chi connectivity index (χ4n) is 3.48. The topological polar surface area (TPSA) is 55.5 Å². The average molecular weight is 297 g/mol. The first-order valence-electron chi connectivity index (χ1n) is 7.80. The molecular weight excluding hydrogens is 278 g/mol. The number of nitrogens with zero attached hydrogens (tertiary/aromatic N) is 1. The van der Waals surface area contributed by atoms with Gasteiger partial charge in [0.1, 0.15) is 17.1 Å². The summed E-state index contributed by atoms with van der Waals surface area (Å²) in [7, 11) is 1.66. The van der Waals surface area contributed by atoms with Crippen molar-refractivity contribution in [2.45, 2.75) is 37.7 Å². The minimum Gasteiger partial charge on any atom is -0.495 e. The fourth-order valence-corrected chi connectivity index (χ4v) is 3.48. The molecule has 3 aromatic rings. The number of methoxy groups -OCH3 is 1. The summed E-state index contributed by atoms with van der Waals surface area (Å²) in [6.07, 6.45) is 4.72. The Morgan fingerprint density at radius 1 is 1.14 bits per heavy atom. The number of hydrogen-bond donors (Lipinski definition) is 1. The molecule has 0 radical (unpaired) electrons. The van der Waals surface area contributed by atoms with Crippen molar-refractivity contribution in [1.29, 1.82) is 0 Å². The second kappa shape index (κ2) is 4.99. The predicted octanol–water partition coefficient (Wildman–Crippen LogP) is 4.14. The van der Waals surface area contributed by atoms with Crippen molar-refractivity contribution in [2.75, 3.05) is 7.11 Å². The van der Waals surface area contributed by atoms with Crippen LogP contribution in [0.2, 0.25) is 0 Å². The molecule has 22 heavy (non-hydrogen) atoms. The van der Waals surface area contributed by atoms with Crippen molar-refractivity contribution in [3.05, 3.63) is 36.1 Å². The third-order valence-electron chi connectivity index (χ3n) is 4.67. The summed E-state index contributed by atoms with van der Waals surface area (Å²) in [6.45, 7) is 0. The van der Waals surface area contributed by atoms with Crippen molar-refractivity contribution in [2.24, 2.45) is 0 Å². The van der Waals surface area contributed by atoms with Gasteiger partial charge in [0.05, 0.1) is 18.0 Å². The normalized spacial score (nSPS) is 17.9. The van der Waals surface area contributed by atoms with E-state index in [1.54, 1.807) is 7.11 Å². The van der Waals surface area contributed by atoms with Crippen molar-refractivity contribution in [3.63, 3.8) is 0 Å². The zero-order valence-corrected chi connectivity index (χ0v) is 12.6. The summed E-state index contributed by atoms with van der Waals surface area (Å²) in [5, 5.41) is 12.7. The Balaban J connectivity index is 1.95. The maximum absolute atomic E-state index is 10.9. The van der Waals surface area contributed by atoms with E-state index in [-0.39, 0.29) is 0 Å². The molecule has 1 aliphatic carbocycles. The van der Waals surface area contributed by atoms with Crippen molar-refractivity contribution < 1.29 is 14.3 Å². The van der Waals surface area contributed by atoms with E-state index < -0.39 is 5.60 Å². The van der Waals surface area contributed by atoms with Gasteiger partial charge in [-0.3, -0.25) is 0 Å². The second-order valence-electron chi connectivity index (χ2n) is 6.08. The molecule has 0 aliphatic heterocycles. The first-order chi connectivity index (χ1) is 10.7. The highest BCUT2D eigenvalue weighted by atomic mass is 16.5. The number of aromatic nitrogens is 1. The zero-order valence-electron chi connectivity index (χ0n) is 12.6. The third-order valence-corrected chi connectivity index (χ3v) is 4.67. The molecule has 4 heteroatoms. The number of furan rings is 1. The van der Waals surface area contributed by atoms with Gasteiger partial charge in [-0.1, -0.05) is 31.4 Å². The van der Waals surface area contributed by atoms with Crippen molar-refractivity contribution in [1.82, 2.24) is 4.98 Å². The standard InChI is InChI=1S/C18H19NO3/c1-21-16-12-7-3-4-8-14(12)19-17-13(16)11-15(22-17)18(20)9-5-2-6-10-18/h3-4,7-8,11,20H,2,5-6,9-10H2,1H3. The van der Waals surface area contributed by atoms with E-state index in [2.05, 4.69) is 4.98 Å². The van der Waals surface area contributed by atoms with Crippen LogP contribution in [0.4, 0.5) is 0 Å². The molecule has 0 amide bonds. The summed E-state index contributed by atoms with van der Waals surface area (Å²) >= 11 is 0. The lowest BCUT2D eigenvalue weighted by molar-refractivity contribution is -0.0187. The molecule has 4 nitrogen and oxygen atoms in total. The molecule has 1 aromatic carbocycles. The van der Waals surface area contributed by atoms with Gasteiger partial charge in [-0.05, 0) is 31.0 Å². The highest BCUT2D eigenvalue weighted by Gasteiger charge is 2.35. The predicted molar refractivity (Wildman–Crippen MR) is 85.0 cm³/mol. The van der Waals surface area contributed by atoms with Gasteiger partial charge in [-0.15, -0.1) is 0 Å². The van der Waals surface area contributed by atoms with Gasteiger partial charge in [0.25, 0.3) is 0 Å². The molecule has 2 aromatic heterocycles. The molecule has 0 atom stereocenters. The van der Waals surface area contributed by atoms with E-state index in [4.69, 9.17) is 9.15 Å². The maximum atomic E-state index is 10.9. The molecule has 0 saturated heterocycles. The Hall–Kier alpha value is -2.07. The minimum atomic E-state index is -0.865. The lowest BCUT2D eigenvalue weighted by Crippen LogP contribution is -2.27. The molecule has 2 heterocycles. The van der Waals surface area contributed by atoms with Gasteiger partial charge in [0.2, 0.25) is 5.71 Å². The van der Waals surface area contributed by atoms with E-state index in [0.29, 0.717) is 11.5 Å². The van der Waals surface area contributed by atoms with Gasteiger partial charge in [0, 0.05) is 5.39 Å². The van der Waals surface area contributed by atoms with Crippen LogP contribution in [0, 0.1) is 0 Å². The van der Waals surface area contributed by atoms with Crippen LogP contribution in [-0.2, 0) is 5.60 Å². The quantitative estimate of drug-likeness (QED) is 0.772. The van der Waals surface area contributed by atoms with Crippen LogP contribution in [0.1, 0.15) is 37.9 Å². The minimum absolute atomic E-state index is 0.532. The summed E-state index contributed by atoms with van der Waals surface area (Å²) < 4.78 is 11.5. The number of rotatable bonds is 2. The molecule has 114 valence electrons. The van der Waals surface area contributed by atoms with Gasteiger partial charge in [-0.25, -0.2) is 4.98 Å². The van der Waals surface area contributed by atoms with E-state index in [0.717, 1.165) is 47.7 Å². The number of ether oxygens (including phenoxy) is 1. The summed E-state index contributed by atoms with van der Waals surface area (Å²) in [6, 6.07) is 9.74. The molecule has 1 aliphatic rings. The fraction of sp³-hybridized carbons (Fsp3) is 0.389. The number of pyridine rings is 1. The Labute approximate surface area is 128 Å². The molecule has 1 saturated carbocycles. The number of para-hydroxylation sites is 1. The van der Waals surface area contributed by atoms with Crippen LogP contribution >= 0.6 is 0 Å². The number of aliphatic hydroxyl groups is 1. The summed E-state index contributed by atoms with van der Waals surface area (Å²) in [4.78, 5) is 4.58. The Morgan fingerprint density at radius 2 is 1.91 bits per heavy atom. The van der Waals surface area contributed by atoms with Gasteiger partial charge in [0.15, 0.2) is 0 Å². The van der Waals surface area contributed by atoms with Crippen LogP contribution < -0.4 is 4.74 Å². The van der Waals surface area contributed by atoms with Crippen LogP contribution in [-0.4, -0.2) is 17.2 Å². The molecule has 0 spiro atoms. The SMILES string of the molecule is COc1c2ccccc2nc2oc(C3(O)CCCCC3)cc12. The van der Waals surface area contributed by atoms with Crippen LogP contribution in [0.5, 0.6) is 5.75 Å². The number of hydrogen-bond acceptors (Lipinski definition) is 4. The van der Waals surface area contributed by atoms with Crippen molar-refractivity contribution in [3.8, 4) is 5.75 Å². The second-order valence-corrected chi connectivity index (χ2v) is 6.08. The van der Waals surface area contributed by atoms with Crippen LogP contribution in [0.25, 0.3) is 22.0 Å². The highest BCUT2D eigenvalue weighted by molar-refractivity contribution is 5.99. The Morgan fingerprint density at radius 3 is 2.68 bits per heavy atom. The Bertz CT molecular complexity index is 831. The molecule has 0 bridgehead atoms. The zero-order chi connectivity index (χ0) is 15.2. The van der Waals surface area contributed by atoms with Gasteiger partial charge >= 0.3 is 0 Å². The number of benzene rings is 1. The number of fused-ring (bicyclic) bond motifs is 2. The van der Waals surface area contributed by atoms with E-state index >= 15 is 0 Å². The molecule has 1 N–H and O–H groups in total. The van der Waals surface area contributed by atoms with Crippen LogP contribution in [0.3, 0.4) is 0 Å². The smallest absolute Gasteiger partial charge is 0.230 e. The van der Waals surface area contributed by atoms with Gasteiger partial charge < -0.3 is 14.3 Å². The highest BCUT2D eigenvalue weighted by Crippen LogP contribution is 2.42. The van der Waals surface area contributed by atoms with Gasteiger partial charge in [-0.2, -0.15) is 0 Å². The van der Waals surface area contributed by atoms with Crippen molar-refractivity contribution >= 4 is 22.0 Å². The lowest BCUT2D eigenvalue weighted by Gasteiger charge is -2.29.